The maximum Gasteiger partial charge on any atom is 0.274 e. The number of anilines is 1. The summed E-state index contributed by atoms with van der Waals surface area (Å²) in [6, 6.07) is 0. The van der Waals surface area contributed by atoms with Crippen molar-refractivity contribution in [3.63, 3.8) is 0 Å². The van der Waals surface area contributed by atoms with Gasteiger partial charge in [0.25, 0.3) is 5.91 Å². The van der Waals surface area contributed by atoms with Crippen molar-refractivity contribution in [1.82, 2.24) is 9.97 Å². The summed E-state index contributed by atoms with van der Waals surface area (Å²) in [7, 11) is 0. The minimum atomic E-state index is -0.239. The van der Waals surface area contributed by atoms with Crippen molar-refractivity contribution in [3.05, 3.63) is 33.1 Å². The second-order valence-corrected chi connectivity index (χ2v) is 7.46. The summed E-state index contributed by atoms with van der Waals surface area (Å²) in [6.07, 6.45) is 3.18. The topological polar surface area (TPSA) is 74.8 Å². The number of aromatic nitrogens is 2. The predicted molar refractivity (Wildman–Crippen MR) is 91.5 cm³/mol. The number of nitrogens with one attached hydrogen (secondary N) is 2. The number of amides is 1. The van der Waals surface area contributed by atoms with Gasteiger partial charge in [-0.3, -0.25) is 14.9 Å². The van der Waals surface area contributed by atoms with Crippen LogP contribution in [0.3, 0.4) is 0 Å². The molecule has 2 aromatic rings. The number of rotatable bonds is 3. The molecule has 2 N–H and O–H groups in total. The van der Waals surface area contributed by atoms with Crippen LogP contribution in [0.25, 0.3) is 0 Å². The van der Waals surface area contributed by atoms with Gasteiger partial charge in [0.05, 0.1) is 5.69 Å². The van der Waals surface area contributed by atoms with Crippen molar-refractivity contribution in [2.24, 2.45) is 5.92 Å². The third-order valence-electron chi connectivity index (χ3n) is 4.42. The minimum Gasteiger partial charge on any atom is -0.354 e. The summed E-state index contributed by atoms with van der Waals surface area (Å²) in [5.74, 6) is 0.407. The van der Waals surface area contributed by atoms with Crippen molar-refractivity contribution in [1.29, 1.82) is 0 Å². The number of hydrogen-bond acceptors (Lipinski definition) is 4. The van der Waals surface area contributed by atoms with Gasteiger partial charge in [-0.2, -0.15) is 0 Å². The van der Waals surface area contributed by atoms with E-state index in [1.807, 2.05) is 6.92 Å². The standard InChI is InChI=1S/C17H21N3O2S/c1-8-5-6-12-13(7-8)23-17(19-12)20-16(22)15-9(2)14(11(4)21)10(3)18-15/h8,18H,5-7H2,1-4H3,(H,19,20,22)/t8-/m0/s1. The average molecular weight is 331 g/mol. The summed E-state index contributed by atoms with van der Waals surface area (Å²) in [6.45, 7) is 7.36. The summed E-state index contributed by atoms with van der Waals surface area (Å²) < 4.78 is 0. The van der Waals surface area contributed by atoms with Crippen LogP contribution in [0, 0.1) is 19.8 Å². The number of aromatic amines is 1. The Morgan fingerprint density at radius 3 is 2.74 bits per heavy atom. The number of hydrogen-bond donors (Lipinski definition) is 2. The highest BCUT2D eigenvalue weighted by Gasteiger charge is 2.23. The number of carbonyl (C=O) groups excluding carboxylic acids is 2. The zero-order valence-electron chi connectivity index (χ0n) is 13.9. The molecule has 3 rings (SSSR count). The van der Waals surface area contributed by atoms with E-state index in [2.05, 4.69) is 22.2 Å². The lowest BCUT2D eigenvalue weighted by atomic mass is 9.93. The van der Waals surface area contributed by atoms with E-state index in [1.54, 1.807) is 18.3 Å². The largest absolute Gasteiger partial charge is 0.354 e. The normalized spacial score (nSPS) is 17.0. The third-order valence-corrected chi connectivity index (χ3v) is 5.46. The highest BCUT2D eigenvalue weighted by molar-refractivity contribution is 7.15. The van der Waals surface area contributed by atoms with Crippen LogP contribution in [-0.4, -0.2) is 21.7 Å². The molecule has 6 heteroatoms. The summed E-state index contributed by atoms with van der Waals surface area (Å²) in [5, 5.41) is 3.52. The molecule has 0 aromatic carbocycles. The predicted octanol–water partition coefficient (Wildman–Crippen LogP) is 3.67. The van der Waals surface area contributed by atoms with Crippen LogP contribution in [0.2, 0.25) is 0 Å². The van der Waals surface area contributed by atoms with E-state index in [4.69, 9.17) is 0 Å². The maximum absolute atomic E-state index is 12.5. The van der Waals surface area contributed by atoms with Gasteiger partial charge in [0.2, 0.25) is 0 Å². The first-order valence-electron chi connectivity index (χ1n) is 7.86. The number of thiazole rings is 1. The van der Waals surface area contributed by atoms with Gasteiger partial charge in [0.15, 0.2) is 10.9 Å². The Labute approximate surface area is 139 Å². The zero-order valence-corrected chi connectivity index (χ0v) is 14.7. The number of ketones is 1. The Morgan fingerprint density at radius 2 is 2.09 bits per heavy atom. The fraction of sp³-hybridized carbons (Fsp3) is 0.471. The molecule has 0 radical (unpaired) electrons. The lowest BCUT2D eigenvalue weighted by Gasteiger charge is -2.15. The highest BCUT2D eigenvalue weighted by Crippen LogP contribution is 2.32. The summed E-state index contributed by atoms with van der Waals surface area (Å²) in [4.78, 5) is 33.1. The van der Waals surface area contributed by atoms with Crippen LogP contribution < -0.4 is 5.32 Å². The van der Waals surface area contributed by atoms with Gasteiger partial charge in [-0.1, -0.05) is 6.92 Å². The molecular weight excluding hydrogens is 310 g/mol. The Morgan fingerprint density at radius 1 is 1.35 bits per heavy atom. The van der Waals surface area contributed by atoms with Gasteiger partial charge in [0, 0.05) is 16.1 Å². The molecule has 1 aliphatic rings. The van der Waals surface area contributed by atoms with Gasteiger partial charge in [-0.15, -0.1) is 11.3 Å². The molecule has 23 heavy (non-hydrogen) atoms. The summed E-state index contributed by atoms with van der Waals surface area (Å²) in [5.41, 5.74) is 3.58. The minimum absolute atomic E-state index is 0.0333. The van der Waals surface area contributed by atoms with Crippen molar-refractivity contribution >= 4 is 28.2 Å². The number of fused-ring (bicyclic) bond motifs is 1. The molecule has 1 aliphatic carbocycles. The first-order chi connectivity index (χ1) is 10.9. The smallest absolute Gasteiger partial charge is 0.274 e. The molecule has 122 valence electrons. The van der Waals surface area contributed by atoms with E-state index in [9.17, 15) is 9.59 Å². The van der Waals surface area contributed by atoms with Crippen LogP contribution in [0.5, 0.6) is 0 Å². The number of nitrogens with zero attached hydrogens (tertiary/aromatic N) is 1. The van der Waals surface area contributed by atoms with E-state index in [1.165, 1.54) is 11.8 Å². The summed E-state index contributed by atoms with van der Waals surface area (Å²) >= 11 is 1.56. The van der Waals surface area contributed by atoms with Crippen LogP contribution in [0.4, 0.5) is 5.13 Å². The van der Waals surface area contributed by atoms with Crippen molar-refractivity contribution in [3.8, 4) is 0 Å². The van der Waals surface area contributed by atoms with Gasteiger partial charge >= 0.3 is 0 Å². The molecule has 2 heterocycles. The lowest BCUT2D eigenvalue weighted by Crippen LogP contribution is -2.14. The fourth-order valence-corrected chi connectivity index (χ4v) is 4.42. The van der Waals surface area contributed by atoms with Crippen LogP contribution in [-0.2, 0) is 12.8 Å². The number of H-pyrrole nitrogens is 1. The number of carbonyl (C=O) groups is 2. The first-order valence-corrected chi connectivity index (χ1v) is 8.68. The molecule has 0 aliphatic heterocycles. The van der Waals surface area contributed by atoms with Crippen LogP contribution in [0.15, 0.2) is 0 Å². The average Bonchev–Trinajstić information content (AvgIpc) is 2.98. The van der Waals surface area contributed by atoms with Gasteiger partial charge in [0.1, 0.15) is 5.69 Å². The molecule has 0 unspecified atom stereocenters. The third kappa shape index (κ3) is 2.95. The number of Topliss-reactive ketones (excluding diaryl/α,β-unsaturated/α-hetero) is 1. The molecule has 0 saturated carbocycles. The fourth-order valence-electron chi connectivity index (χ4n) is 3.26. The molecular formula is C17H21N3O2S. The highest BCUT2D eigenvalue weighted by atomic mass is 32.1. The second-order valence-electron chi connectivity index (χ2n) is 6.37. The van der Waals surface area contributed by atoms with E-state index in [-0.39, 0.29) is 11.7 Å². The molecule has 0 saturated heterocycles. The van der Waals surface area contributed by atoms with E-state index in [0.717, 1.165) is 30.7 Å². The zero-order chi connectivity index (χ0) is 16.7. The van der Waals surface area contributed by atoms with E-state index >= 15 is 0 Å². The first kappa shape index (κ1) is 15.9. The maximum atomic E-state index is 12.5. The second kappa shape index (κ2) is 5.92. The van der Waals surface area contributed by atoms with Gasteiger partial charge in [-0.05, 0) is 51.5 Å². The number of aryl methyl sites for hydroxylation is 2. The molecule has 1 amide bonds. The van der Waals surface area contributed by atoms with Crippen LogP contribution in [0.1, 0.15) is 62.9 Å². The van der Waals surface area contributed by atoms with Crippen molar-refractivity contribution in [2.75, 3.05) is 5.32 Å². The Balaban J connectivity index is 1.83. The molecule has 5 nitrogen and oxygen atoms in total. The quantitative estimate of drug-likeness (QED) is 0.843. The van der Waals surface area contributed by atoms with Crippen molar-refractivity contribution in [2.45, 2.75) is 47.0 Å². The molecule has 2 aromatic heterocycles. The monoisotopic (exact) mass is 331 g/mol. The molecule has 0 spiro atoms. The van der Waals surface area contributed by atoms with Crippen LogP contribution >= 0.6 is 11.3 Å². The molecule has 1 atom stereocenters. The Hall–Kier alpha value is -1.95. The van der Waals surface area contributed by atoms with Gasteiger partial charge < -0.3 is 4.98 Å². The molecule has 0 fully saturated rings. The van der Waals surface area contributed by atoms with E-state index < -0.39 is 0 Å². The van der Waals surface area contributed by atoms with Crippen molar-refractivity contribution < 1.29 is 9.59 Å². The Kier molecular flexibility index (Phi) is 4.10. The van der Waals surface area contributed by atoms with Gasteiger partial charge in [-0.25, -0.2) is 4.98 Å². The van der Waals surface area contributed by atoms with E-state index in [0.29, 0.717) is 27.9 Å². The molecule has 0 bridgehead atoms. The Bertz CT molecular complexity index is 788. The SMILES string of the molecule is CC(=O)c1c(C)[nH]c(C(=O)Nc2nc3c(s2)C[C@@H](C)CC3)c1C. The lowest BCUT2D eigenvalue weighted by molar-refractivity contribution is 0.101.